The second kappa shape index (κ2) is 5.52. The molecule has 2 aliphatic carbocycles. The van der Waals surface area contributed by atoms with Crippen molar-refractivity contribution in [1.82, 2.24) is 10.2 Å². The molecular formula is C16H21FN2O. The van der Waals surface area contributed by atoms with Gasteiger partial charge in [0.05, 0.1) is 6.04 Å². The minimum atomic E-state index is -0.216. The highest BCUT2D eigenvalue weighted by atomic mass is 19.1. The summed E-state index contributed by atoms with van der Waals surface area (Å²) in [7, 11) is 0. The van der Waals surface area contributed by atoms with E-state index in [4.69, 9.17) is 0 Å². The topological polar surface area (TPSA) is 32.3 Å². The summed E-state index contributed by atoms with van der Waals surface area (Å²) in [4.78, 5) is 14.4. The van der Waals surface area contributed by atoms with E-state index in [0.717, 1.165) is 31.2 Å². The Morgan fingerprint density at radius 3 is 2.50 bits per heavy atom. The minimum absolute atomic E-state index is 0.117. The lowest BCUT2D eigenvalue weighted by Crippen LogP contribution is -2.46. The van der Waals surface area contributed by atoms with Crippen molar-refractivity contribution < 1.29 is 9.18 Å². The zero-order valence-electron chi connectivity index (χ0n) is 11.8. The van der Waals surface area contributed by atoms with Crippen LogP contribution in [-0.2, 0) is 11.3 Å². The van der Waals surface area contributed by atoms with Crippen molar-refractivity contribution in [2.45, 2.75) is 57.3 Å². The van der Waals surface area contributed by atoms with Gasteiger partial charge in [-0.1, -0.05) is 12.1 Å². The fraction of sp³-hybridized carbons (Fsp3) is 0.562. The Labute approximate surface area is 119 Å². The average Bonchev–Trinajstić information content (AvgIpc) is 3.30. The number of benzene rings is 1. The molecule has 2 aliphatic rings. The highest BCUT2D eigenvalue weighted by Gasteiger charge is 2.36. The number of hydrogen-bond acceptors (Lipinski definition) is 2. The Kier molecular flexibility index (Phi) is 3.74. The lowest BCUT2D eigenvalue weighted by molar-refractivity contribution is -0.126. The molecule has 1 aromatic carbocycles. The molecule has 2 saturated carbocycles. The molecule has 0 bridgehead atoms. The third-order valence-electron chi connectivity index (χ3n) is 4.09. The second-order valence-electron chi connectivity index (χ2n) is 5.99. The molecule has 4 heteroatoms. The number of carbonyl (C=O) groups excluding carboxylic acids is 1. The van der Waals surface area contributed by atoms with Crippen molar-refractivity contribution in [2.75, 3.05) is 0 Å². The fourth-order valence-electron chi connectivity index (χ4n) is 2.49. The van der Waals surface area contributed by atoms with E-state index in [1.165, 1.54) is 12.1 Å². The van der Waals surface area contributed by atoms with Crippen LogP contribution in [-0.4, -0.2) is 28.9 Å². The predicted octanol–water partition coefficient (Wildman–Crippen LogP) is 2.46. The van der Waals surface area contributed by atoms with Crippen LogP contribution in [0.2, 0.25) is 0 Å². The van der Waals surface area contributed by atoms with Gasteiger partial charge in [0.15, 0.2) is 0 Å². The van der Waals surface area contributed by atoms with Gasteiger partial charge in [-0.25, -0.2) is 4.39 Å². The molecular weight excluding hydrogens is 255 g/mol. The zero-order chi connectivity index (χ0) is 14.1. The number of halogens is 1. The van der Waals surface area contributed by atoms with Gasteiger partial charge < -0.3 is 5.32 Å². The Bertz CT molecular complexity index is 480. The Morgan fingerprint density at radius 2 is 1.95 bits per heavy atom. The van der Waals surface area contributed by atoms with Crippen LogP contribution < -0.4 is 5.32 Å². The predicted molar refractivity (Wildman–Crippen MR) is 75.6 cm³/mol. The van der Waals surface area contributed by atoms with Crippen LogP contribution in [0.15, 0.2) is 24.3 Å². The molecule has 1 aromatic rings. The number of hydrogen-bond donors (Lipinski definition) is 1. The molecule has 0 saturated heterocycles. The van der Waals surface area contributed by atoms with Crippen molar-refractivity contribution in [3.05, 3.63) is 35.6 Å². The van der Waals surface area contributed by atoms with Crippen LogP contribution in [0.1, 0.15) is 38.2 Å². The molecule has 0 unspecified atom stereocenters. The van der Waals surface area contributed by atoms with E-state index in [1.54, 1.807) is 12.1 Å². The maximum absolute atomic E-state index is 13.0. The molecule has 1 N–H and O–H groups in total. The summed E-state index contributed by atoms with van der Waals surface area (Å²) < 4.78 is 13.0. The Hall–Kier alpha value is -1.42. The van der Waals surface area contributed by atoms with Gasteiger partial charge in [-0.3, -0.25) is 9.69 Å². The molecule has 0 radical (unpaired) electrons. The van der Waals surface area contributed by atoms with Crippen LogP contribution in [0.4, 0.5) is 4.39 Å². The first-order valence-corrected chi connectivity index (χ1v) is 7.44. The molecule has 2 fully saturated rings. The standard InChI is InChI=1S/C16H21FN2O/c1-11(16(20)18-14-6-7-14)19(15-8-9-15)10-12-2-4-13(17)5-3-12/h2-5,11,14-15H,6-10H2,1H3,(H,18,20)/t11-/m1/s1. The molecule has 3 rings (SSSR count). The van der Waals surface area contributed by atoms with E-state index in [0.29, 0.717) is 18.6 Å². The van der Waals surface area contributed by atoms with Gasteiger partial charge in [0, 0.05) is 18.6 Å². The monoisotopic (exact) mass is 276 g/mol. The van der Waals surface area contributed by atoms with Crippen molar-refractivity contribution >= 4 is 5.91 Å². The lowest BCUT2D eigenvalue weighted by atomic mass is 10.1. The van der Waals surface area contributed by atoms with Gasteiger partial charge in [0.2, 0.25) is 5.91 Å². The normalized spacial score (nSPS) is 19.9. The molecule has 1 amide bonds. The lowest BCUT2D eigenvalue weighted by Gasteiger charge is -2.28. The summed E-state index contributed by atoms with van der Waals surface area (Å²) >= 11 is 0. The van der Waals surface area contributed by atoms with E-state index in [1.807, 2.05) is 6.92 Å². The first-order chi connectivity index (χ1) is 9.63. The third-order valence-corrected chi connectivity index (χ3v) is 4.09. The maximum Gasteiger partial charge on any atom is 0.237 e. The minimum Gasteiger partial charge on any atom is -0.352 e. The first kappa shape index (κ1) is 13.6. The molecule has 0 heterocycles. The molecule has 1 atom stereocenters. The number of rotatable bonds is 6. The summed E-state index contributed by atoms with van der Waals surface area (Å²) in [5, 5.41) is 3.07. The number of nitrogens with zero attached hydrogens (tertiary/aromatic N) is 1. The van der Waals surface area contributed by atoms with Crippen LogP contribution >= 0.6 is 0 Å². The first-order valence-electron chi connectivity index (χ1n) is 7.44. The van der Waals surface area contributed by atoms with Gasteiger partial charge in [-0.2, -0.15) is 0 Å². The highest BCUT2D eigenvalue weighted by molar-refractivity contribution is 5.82. The summed E-state index contributed by atoms with van der Waals surface area (Å²) in [6.07, 6.45) is 4.53. The van der Waals surface area contributed by atoms with Crippen LogP contribution in [0, 0.1) is 5.82 Å². The second-order valence-corrected chi connectivity index (χ2v) is 5.99. The summed E-state index contributed by atoms with van der Waals surface area (Å²) in [5.41, 5.74) is 1.06. The van der Waals surface area contributed by atoms with Gasteiger partial charge in [-0.15, -0.1) is 0 Å². The summed E-state index contributed by atoms with van der Waals surface area (Å²) in [6.45, 7) is 2.68. The number of amides is 1. The van der Waals surface area contributed by atoms with Crippen LogP contribution in [0.25, 0.3) is 0 Å². The third kappa shape index (κ3) is 3.37. The SMILES string of the molecule is C[C@H](C(=O)NC1CC1)N(Cc1ccc(F)cc1)C1CC1. The highest BCUT2D eigenvalue weighted by Crippen LogP contribution is 2.30. The molecule has 3 nitrogen and oxygen atoms in total. The Morgan fingerprint density at radius 1 is 1.30 bits per heavy atom. The largest absolute Gasteiger partial charge is 0.352 e. The number of carbonyl (C=O) groups is 1. The van der Waals surface area contributed by atoms with Gasteiger partial charge >= 0.3 is 0 Å². The zero-order valence-corrected chi connectivity index (χ0v) is 11.8. The summed E-state index contributed by atoms with van der Waals surface area (Å²) in [6, 6.07) is 7.35. The maximum atomic E-state index is 13.0. The van der Waals surface area contributed by atoms with Gasteiger partial charge in [-0.05, 0) is 50.3 Å². The molecule has 0 aromatic heterocycles. The van der Waals surface area contributed by atoms with Crippen molar-refractivity contribution in [3.8, 4) is 0 Å². The van der Waals surface area contributed by atoms with E-state index in [9.17, 15) is 9.18 Å². The molecule has 0 spiro atoms. The van der Waals surface area contributed by atoms with E-state index < -0.39 is 0 Å². The van der Waals surface area contributed by atoms with Crippen molar-refractivity contribution in [2.24, 2.45) is 0 Å². The van der Waals surface area contributed by atoms with Crippen LogP contribution in [0.3, 0.4) is 0 Å². The molecule has 108 valence electrons. The van der Waals surface area contributed by atoms with Crippen molar-refractivity contribution in [1.29, 1.82) is 0 Å². The number of nitrogens with one attached hydrogen (secondary N) is 1. The quantitative estimate of drug-likeness (QED) is 0.865. The van der Waals surface area contributed by atoms with E-state index in [2.05, 4.69) is 10.2 Å². The fourth-order valence-corrected chi connectivity index (χ4v) is 2.49. The molecule has 0 aliphatic heterocycles. The molecule has 20 heavy (non-hydrogen) atoms. The van der Waals surface area contributed by atoms with Gasteiger partial charge in [0.25, 0.3) is 0 Å². The van der Waals surface area contributed by atoms with E-state index >= 15 is 0 Å². The average molecular weight is 276 g/mol. The summed E-state index contributed by atoms with van der Waals surface area (Å²) in [5.74, 6) is -0.0900. The van der Waals surface area contributed by atoms with Crippen molar-refractivity contribution in [3.63, 3.8) is 0 Å². The van der Waals surface area contributed by atoms with Gasteiger partial charge in [0.1, 0.15) is 5.82 Å². The van der Waals surface area contributed by atoms with Crippen LogP contribution in [0.5, 0.6) is 0 Å². The van der Waals surface area contributed by atoms with E-state index in [-0.39, 0.29) is 17.8 Å². The Balaban J connectivity index is 1.65. The smallest absolute Gasteiger partial charge is 0.237 e.